The summed E-state index contributed by atoms with van der Waals surface area (Å²) in [6, 6.07) is 13.5. The van der Waals surface area contributed by atoms with Crippen molar-refractivity contribution < 1.29 is 0 Å². The van der Waals surface area contributed by atoms with Gasteiger partial charge in [0.1, 0.15) is 0 Å². The number of benzene rings is 2. The van der Waals surface area contributed by atoms with Crippen LogP contribution in [-0.4, -0.2) is 0 Å². The molecule has 0 aliphatic heterocycles. The maximum Gasteiger partial charge on any atom is -0.0146 e. The van der Waals surface area contributed by atoms with Gasteiger partial charge in [-0.05, 0) is 47.1 Å². The second-order valence-electron chi connectivity index (χ2n) is 4.88. The van der Waals surface area contributed by atoms with Crippen molar-refractivity contribution in [3.63, 3.8) is 0 Å². The molecule has 82 valence electrons. The Labute approximate surface area is 97.3 Å². The molecule has 2 aromatic rings. The molecule has 0 fully saturated rings. The van der Waals surface area contributed by atoms with Crippen LogP contribution in [0, 0.1) is 0 Å². The Hall–Kier alpha value is -1.30. The van der Waals surface area contributed by atoms with Crippen LogP contribution in [0.1, 0.15) is 43.2 Å². The fraction of sp³-hybridized carbons (Fsp3) is 0.375. The van der Waals surface area contributed by atoms with E-state index in [1.165, 1.54) is 36.5 Å². The summed E-state index contributed by atoms with van der Waals surface area (Å²) < 4.78 is 0. The van der Waals surface area contributed by atoms with Crippen LogP contribution >= 0.6 is 0 Å². The highest BCUT2D eigenvalue weighted by atomic mass is 14.3. The van der Waals surface area contributed by atoms with Gasteiger partial charge in [0.25, 0.3) is 0 Å². The molecule has 1 unspecified atom stereocenters. The first-order valence-corrected chi connectivity index (χ1v) is 6.40. The lowest BCUT2D eigenvalue weighted by atomic mass is 9.92. The fourth-order valence-corrected chi connectivity index (χ4v) is 3.15. The summed E-state index contributed by atoms with van der Waals surface area (Å²) in [6.45, 7) is 2.29. The number of hydrogen-bond acceptors (Lipinski definition) is 0. The van der Waals surface area contributed by atoms with Gasteiger partial charge < -0.3 is 0 Å². The van der Waals surface area contributed by atoms with Crippen LogP contribution < -0.4 is 0 Å². The van der Waals surface area contributed by atoms with Gasteiger partial charge in [0.15, 0.2) is 0 Å². The molecule has 0 amide bonds. The minimum absolute atomic E-state index is 0.811. The number of fused-ring (bicyclic) bond motifs is 3. The summed E-state index contributed by atoms with van der Waals surface area (Å²) in [6.07, 6.45) is 5.29. The first-order chi connectivity index (χ1) is 7.90. The minimum atomic E-state index is 0.811. The Balaban J connectivity index is 2.20. The van der Waals surface area contributed by atoms with Crippen LogP contribution in [-0.2, 0) is 6.42 Å². The molecule has 0 spiro atoms. The molecule has 0 saturated carbocycles. The van der Waals surface area contributed by atoms with E-state index < -0.39 is 0 Å². The molecule has 0 saturated heterocycles. The summed E-state index contributed by atoms with van der Waals surface area (Å²) in [5.74, 6) is 0.811. The van der Waals surface area contributed by atoms with Crippen molar-refractivity contribution in [3.05, 3.63) is 47.5 Å². The maximum atomic E-state index is 2.34. The van der Waals surface area contributed by atoms with Crippen LogP contribution in [0.15, 0.2) is 36.4 Å². The summed E-state index contributed by atoms with van der Waals surface area (Å²) in [7, 11) is 0. The normalized spacial score (nSPS) is 18.9. The Morgan fingerprint density at radius 1 is 1.12 bits per heavy atom. The number of hydrogen-bond donors (Lipinski definition) is 0. The van der Waals surface area contributed by atoms with E-state index in [1.807, 2.05) is 0 Å². The monoisotopic (exact) mass is 210 g/mol. The second-order valence-corrected chi connectivity index (χ2v) is 4.88. The van der Waals surface area contributed by atoms with Crippen LogP contribution in [0.25, 0.3) is 10.8 Å². The maximum absolute atomic E-state index is 2.34. The molecule has 1 aliphatic carbocycles. The van der Waals surface area contributed by atoms with E-state index in [1.54, 1.807) is 11.1 Å². The van der Waals surface area contributed by atoms with Crippen molar-refractivity contribution in [2.24, 2.45) is 0 Å². The molecule has 0 aromatic heterocycles. The van der Waals surface area contributed by atoms with Gasteiger partial charge in [-0.15, -0.1) is 0 Å². The highest BCUT2D eigenvalue weighted by Crippen LogP contribution is 2.40. The van der Waals surface area contributed by atoms with Gasteiger partial charge in [-0.1, -0.05) is 49.7 Å². The average Bonchev–Trinajstić information content (AvgIpc) is 2.73. The lowest BCUT2D eigenvalue weighted by Crippen LogP contribution is -1.93. The van der Waals surface area contributed by atoms with E-state index in [0.29, 0.717) is 0 Å². The molecule has 0 N–H and O–H groups in total. The third-order valence-electron chi connectivity index (χ3n) is 3.87. The largest absolute Gasteiger partial charge is 0.0654 e. The lowest BCUT2D eigenvalue weighted by Gasteiger charge is -2.13. The van der Waals surface area contributed by atoms with Gasteiger partial charge in [-0.2, -0.15) is 0 Å². The predicted octanol–water partition coefficient (Wildman–Crippen LogP) is 4.67. The Bertz CT molecular complexity index is 508. The zero-order valence-corrected chi connectivity index (χ0v) is 9.87. The highest BCUT2D eigenvalue weighted by Gasteiger charge is 2.23. The van der Waals surface area contributed by atoms with Crippen LogP contribution in [0.2, 0.25) is 0 Å². The predicted molar refractivity (Wildman–Crippen MR) is 69.9 cm³/mol. The Morgan fingerprint density at radius 2 is 2.00 bits per heavy atom. The van der Waals surface area contributed by atoms with Gasteiger partial charge in [-0.25, -0.2) is 0 Å². The van der Waals surface area contributed by atoms with Gasteiger partial charge in [0.05, 0.1) is 0 Å². The summed E-state index contributed by atoms with van der Waals surface area (Å²) >= 11 is 0. The molecule has 16 heavy (non-hydrogen) atoms. The molecule has 0 nitrogen and oxygen atoms in total. The van der Waals surface area contributed by atoms with Crippen LogP contribution in [0.3, 0.4) is 0 Å². The highest BCUT2D eigenvalue weighted by molar-refractivity contribution is 5.87. The lowest BCUT2D eigenvalue weighted by molar-refractivity contribution is 0.611. The Kier molecular flexibility index (Phi) is 2.43. The Morgan fingerprint density at radius 3 is 2.88 bits per heavy atom. The molecular formula is C16H18. The van der Waals surface area contributed by atoms with Gasteiger partial charge in [0.2, 0.25) is 0 Å². The van der Waals surface area contributed by atoms with E-state index >= 15 is 0 Å². The SMILES string of the molecule is CCCC1CCc2ccc3ccccc3c21. The fourth-order valence-electron chi connectivity index (χ4n) is 3.15. The molecule has 1 atom stereocenters. The average molecular weight is 210 g/mol. The standard InChI is InChI=1S/C16H18/c1-2-5-13-10-11-14-9-8-12-6-3-4-7-15(12)16(13)14/h3-4,6-9,13H,2,5,10-11H2,1H3. The quantitative estimate of drug-likeness (QED) is 0.675. The molecule has 0 heterocycles. The van der Waals surface area contributed by atoms with E-state index in [4.69, 9.17) is 0 Å². The molecule has 0 heteroatoms. The van der Waals surface area contributed by atoms with E-state index in [9.17, 15) is 0 Å². The van der Waals surface area contributed by atoms with Crippen LogP contribution in [0.4, 0.5) is 0 Å². The molecule has 0 bridgehead atoms. The molecule has 1 aliphatic rings. The first kappa shape index (κ1) is 9.89. The zero-order valence-electron chi connectivity index (χ0n) is 9.87. The van der Waals surface area contributed by atoms with Crippen LogP contribution in [0.5, 0.6) is 0 Å². The van der Waals surface area contributed by atoms with Crippen molar-refractivity contribution in [3.8, 4) is 0 Å². The molecule has 0 radical (unpaired) electrons. The molecule has 2 aromatic carbocycles. The second kappa shape index (κ2) is 3.93. The smallest absolute Gasteiger partial charge is 0.0146 e. The molecule has 3 rings (SSSR count). The third kappa shape index (κ3) is 1.44. The summed E-state index contributed by atoms with van der Waals surface area (Å²) in [5.41, 5.74) is 3.25. The van der Waals surface area contributed by atoms with E-state index in [-0.39, 0.29) is 0 Å². The number of aryl methyl sites for hydroxylation is 1. The van der Waals surface area contributed by atoms with E-state index in [0.717, 1.165) is 5.92 Å². The van der Waals surface area contributed by atoms with Gasteiger partial charge in [0, 0.05) is 0 Å². The van der Waals surface area contributed by atoms with Crippen molar-refractivity contribution in [1.82, 2.24) is 0 Å². The van der Waals surface area contributed by atoms with E-state index in [2.05, 4.69) is 43.3 Å². The minimum Gasteiger partial charge on any atom is -0.0654 e. The first-order valence-electron chi connectivity index (χ1n) is 6.40. The summed E-state index contributed by atoms with van der Waals surface area (Å²) in [4.78, 5) is 0. The van der Waals surface area contributed by atoms with Crippen molar-refractivity contribution in [1.29, 1.82) is 0 Å². The van der Waals surface area contributed by atoms with Crippen molar-refractivity contribution in [2.45, 2.75) is 38.5 Å². The summed E-state index contributed by atoms with van der Waals surface area (Å²) in [5, 5.41) is 2.90. The molecular weight excluding hydrogens is 192 g/mol. The van der Waals surface area contributed by atoms with Crippen molar-refractivity contribution >= 4 is 10.8 Å². The topological polar surface area (TPSA) is 0 Å². The number of rotatable bonds is 2. The van der Waals surface area contributed by atoms with Crippen molar-refractivity contribution in [2.75, 3.05) is 0 Å². The third-order valence-corrected chi connectivity index (χ3v) is 3.87. The van der Waals surface area contributed by atoms with Gasteiger partial charge >= 0.3 is 0 Å². The van der Waals surface area contributed by atoms with Gasteiger partial charge in [-0.3, -0.25) is 0 Å². The zero-order chi connectivity index (χ0) is 11.0.